The van der Waals surface area contributed by atoms with Crippen LogP contribution < -0.4 is 19.8 Å². The summed E-state index contributed by atoms with van der Waals surface area (Å²) in [4.78, 5) is 25.0. The molecule has 0 spiro atoms. The highest BCUT2D eigenvalue weighted by atomic mass is 32.2. The third-order valence-corrected chi connectivity index (χ3v) is 8.81. The van der Waals surface area contributed by atoms with Crippen LogP contribution in [0.1, 0.15) is 48.8 Å². The molecule has 41 heavy (non-hydrogen) atoms. The maximum Gasteiger partial charge on any atom is 0.264 e. The van der Waals surface area contributed by atoms with Crippen LogP contribution in [0.3, 0.4) is 0 Å². The molecule has 0 bridgehead atoms. The number of benzene rings is 3. The van der Waals surface area contributed by atoms with Gasteiger partial charge in [-0.1, -0.05) is 43.5 Å². The van der Waals surface area contributed by atoms with Gasteiger partial charge >= 0.3 is 0 Å². The Morgan fingerprint density at radius 2 is 1.63 bits per heavy atom. The summed E-state index contributed by atoms with van der Waals surface area (Å²) in [7, 11) is -4.00. The second-order valence-corrected chi connectivity index (χ2v) is 12.0. The molecule has 4 rings (SSSR count). The number of rotatable bonds is 11. The molecule has 1 fully saturated rings. The first kappa shape index (κ1) is 29.8. The number of hydrazone groups is 1. The van der Waals surface area contributed by atoms with E-state index in [4.69, 9.17) is 4.74 Å². The van der Waals surface area contributed by atoms with Gasteiger partial charge in [0, 0.05) is 6.04 Å². The Labute approximate surface area is 241 Å². The number of amides is 2. The van der Waals surface area contributed by atoms with E-state index in [1.807, 2.05) is 19.9 Å². The van der Waals surface area contributed by atoms with E-state index >= 15 is 0 Å². The molecule has 0 atom stereocenters. The summed E-state index contributed by atoms with van der Waals surface area (Å²) in [5.74, 6) is -0.183. The minimum atomic E-state index is -4.00. The first-order chi connectivity index (χ1) is 19.7. The Morgan fingerprint density at radius 1 is 0.927 bits per heavy atom. The van der Waals surface area contributed by atoms with Gasteiger partial charge in [-0.2, -0.15) is 5.10 Å². The Hall–Kier alpha value is -4.18. The van der Waals surface area contributed by atoms with Gasteiger partial charge in [0.25, 0.3) is 21.8 Å². The van der Waals surface area contributed by atoms with Gasteiger partial charge in [-0.3, -0.25) is 13.9 Å². The van der Waals surface area contributed by atoms with Crippen molar-refractivity contribution in [2.45, 2.75) is 56.9 Å². The third-order valence-electron chi connectivity index (χ3n) is 7.02. The number of carbonyl (C=O) groups excluding carboxylic acids is 2. The van der Waals surface area contributed by atoms with Crippen LogP contribution in [-0.4, -0.2) is 45.6 Å². The van der Waals surface area contributed by atoms with Gasteiger partial charge in [-0.25, -0.2) is 13.8 Å². The summed E-state index contributed by atoms with van der Waals surface area (Å²) < 4.78 is 33.6. The first-order valence-electron chi connectivity index (χ1n) is 13.7. The molecule has 0 heterocycles. The smallest absolute Gasteiger partial charge is 0.264 e. The van der Waals surface area contributed by atoms with Crippen LogP contribution in [0.2, 0.25) is 0 Å². The molecular formula is C31H36N4O5S. The minimum absolute atomic E-state index is 0.0527. The normalized spacial score (nSPS) is 14.0. The third kappa shape index (κ3) is 8.40. The van der Waals surface area contributed by atoms with Crippen molar-refractivity contribution >= 4 is 33.7 Å². The van der Waals surface area contributed by atoms with Gasteiger partial charge in [-0.15, -0.1) is 0 Å². The number of anilines is 1. The first-order valence-corrected chi connectivity index (χ1v) is 15.2. The molecule has 0 aliphatic heterocycles. The van der Waals surface area contributed by atoms with Crippen LogP contribution in [-0.2, 0) is 19.6 Å². The van der Waals surface area contributed by atoms with Crippen LogP contribution >= 0.6 is 0 Å². The van der Waals surface area contributed by atoms with Crippen molar-refractivity contribution in [2.75, 3.05) is 17.5 Å². The van der Waals surface area contributed by atoms with Crippen molar-refractivity contribution in [3.63, 3.8) is 0 Å². The SMILES string of the molecule is Cc1ccc(N(CC(=O)N/N=C\c2ccc(OCC(=O)NC3CCCCC3)cc2)S(=O)(=O)c2ccccc2)cc1C. The number of carbonyl (C=O) groups is 2. The Morgan fingerprint density at radius 3 is 2.32 bits per heavy atom. The summed E-state index contributed by atoms with van der Waals surface area (Å²) in [6.45, 7) is 3.32. The van der Waals surface area contributed by atoms with E-state index in [1.165, 1.54) is 24.8 Å². The lowest BCUT2D eigenvalue weighted by Gasteiger charge is -2.24. The average molecular weight is 577 g/mol. The number of hydrogen-bond donors (Lipinski definition) is 2. The Bertz CT molecular complexity index is 1470. The maximum absolute atomic E-state index is 13.5. The molecule has 216 valence electrons. The second-order valence-electron chi connectivity index (χ2n) is 10.1. The number of hydrogen-bond acceptors (Lipinski definition) is 6. The molecule has 2 amide bonds. The zero-order chi connectivity index (χ0) is 29.2. The minimum Gasteiger partial charge on any atom is -0.484 e. The highest BCUT2D eigenvalue weighted by Crippen LogP contribution is 2.25. The number of sulfonamides is 1. The molecule has 2 N–H and O–H groups in total. The number of aryl methyl sites for hydroxylation is 2. The van der Waals surface area contributed by atoms with Crippen LogP contribution in [0.5, 0.6) is 5.75 Å². The molecule has 0 aromatic heterocycles. The highest BCUT2D eigenvalue weighted by molar-refractivity contribution is 7.92. The fraction of sp³-hybridized carbons (Fsp3) is 0.323. The van der Waals surface area contributed by atoms with E-state index in [0.29, 0.717) is 17.0 Å². The van der Waals surface area contributed by atoms with Gasteiger partial charge < -0.3 is 10.1 Å². The molecule has 1 aliphatic rings. The molecule has 3 aromatic carbocycles. The summed E-state index contributed by atoms with van der Waals surface area (Å²) in [5.41, 5.74) is 5.41. The fourth-order valence-electron chi connectivity index (χ4n) is 4.58. The lowest BCUT2D eigenvalue weighted by Crippen LogP contribution is -2.39. The fourth-order valence-corrected chi connectivity index (χ4v) is 6.01. The van der Waals surface area contributed by atoms with Crippen molar-refractivity contribution in [1.82, 2.24) is 10.7 Å². The Kier molecular flexibility index (Phi) is 10.1. The number of nitrogens with one attached hydrogen (secondary N) is 2. The van der Waals surface area contributed by atoms with Gasteiger partial charge in [-0.05, 0) is 91.9 Å². The Balaban J connectivity index is 1.34. The largest absolute Gasteiger partial charge is 0.484 e. The molecule has 3 aromatic rings. The van der Waals surface area contributed by atoms with Gasteiger partial charge in [0.05, 0.1) is 16.8 Å². The standard InChI is InChI=1S/C31H36N4O5S/c1-23-13-16-27(19-24(23)2)35(41(38,39)29-11-7-4-8-12-29)21-30(36)34-32-20-25-14-17-28(18-15-25)40-22-31(37)33-26-9-5-3-6-10-26/h4,7-8,11-20,26H,3,5-6,9-10,21-22H2,1-2H3,(H,33,37)(H,34,36)/b32-20-. The van der Waals surface area contributed by atoms with Crippen molar-refractivity contribution < 1.29 is 22.7 Å². The zero-order valence-electron chi connectivity index (χ0n) is 23.4. The molecule has 10 heteroatoms. The quantitative estimate of drug-likeness (QED) is 0.258. The summed E-state index contributed by atoms with van der Waals surface area (Å²) in [6.07, 6.45) is 7.00. The van der Waals surface area contributed by atoms with Crippen LogP contribution in [0.25, 0.3) is 0 Å². The average Bonchev–Trinajstić information content (AvgIpc) is 2.98. The van der Waals surface area contributed by atoms with Crippen LogP contribution in [0.4, 0.5) is 5.69 Å². The van der Waals surface area contributed by atoms with E-state index in [1.54, 1.807) is 54.6 Å². The van der Waals surface area contributed by atoms with Gasteiger partial charge in [0.1, 0.15) is 12.3 Å². The van der Waals surface area contributed by atoms with Crippen molar-refractivity contribution in [2.24, 2.45) is 5.10 Å². The van der Waals surface area contributed by atoms with Crippen LogP contribution in [0.15, 0.2) is 82.8 Å². The van der Waals surface area contributed by atoms with E-state index in [2.05, 4.69) is 15.8 Å². The molecular weight excluding hydrogens is 540 g/mol. The van der Waals surface area contributed by atoms with Gasteiger partial charge in [0.2, 0.25) is 0 Å². The summed E-state index contributed by atoms with van der Waals surface area (Å²) >= 11 is 0. The van der Waals surface area contributed by atoms with Crippen molar-refractivity contribution in [3.8, 4) is 5.75 Å². The molecule has 1 aliphatic carbocycles. The lowest BCUT2D eigenvalue weighted by atomic mass is 9.95. The van der Waals surface area contributed by atoms with Crippen LogP contribution in [0, 0.1) is 13.8 Å². The summed E-state index contributed by atoms with van der Waals surface area (Å²) in [6, 6.07) is 20.4. The predicted molar refractivity (Wildman–Crippen MR) is 160 cm³/mol. The van der Waals surface area contributed by atoms with E-state index in [-0.39, 0.29) is 23.5 Å². The second kappa shape index (κ2) is 13.9. The molecule has 0 saturated heterocycles. The van der Waals surface area contributed by atoms with Gasteiger partial charge in [0.15, 0.2) is 6.61 Å². The number of ether oxygens (including phenoxy) is 1. The molecule has 0 unspecified atom stereocenters. The zero-order valence-corrected chi connectivity index (χ0v) is 24.2. The van der Waals surface area contributed by atoms with Crippen molar-refractivity contribution in [3.05, 3.63) is 89.5 Å². The monoisotopic (exact) mass is 576 g/mol. The maximum atomic E-state index is 13.5. The predicted octanol–water partition coefficient (Wildman–Crippen LogP) is 4.48. The van der Waals surface area contributed by atoms with E-state index in [9.17, 15) is 18.0 Å². The summed E-state index contributed by atoms with van der Waals surface area (Å²) in [5, 5.41) is 7.01. The molecule has 9 nitrogen and oxygen atoms in total. The lowest BCUT2D eigenvalue weighted by molar-refractivity contribution is -0.124. The molecule has 0 radical (unpaired) electrons. The number of nitrogens with zero attached hydrogens (tertiary/aromatic N) is 2. The van der Waals surface area contributed by atoms with E-state index in [0.717, 1.165) is 41.1 Å². The molecule has 1 saturated carbocycles. The topological polar surface area (TPSA) is 117 Å². The highest BCUT2D eigenvalue weighted by Gasteiger charge is 2.27. The van der Waals surface area contributed by atoms with Crippen molar-refractivity contribution in [1.29, 1.82) is 0 Å². The van der Waals surface area contributed by atoms with E-state index < -0.39 is 22.5 Å².